The van der Waals surface area contributed by atoms with E-state index in [-0.39, 0.29) is 0 Å². The molecule has 0 bridgehead atoms. The van der Waals surface area contributed by atoms with Gasteiger partial charge >= 0.3 is 5.97 Å². The normalized spacial score (nSPS) is 13.4. The molecule has 0 saturated heterocycles. The number of nitrogens with zero attached hydrogens (tertiary/aromatic N) is 1. The minimum absolute atomic E-state index is 0.331. The van der Waals surface area contributed by atoms with Crippen molar-refractivity contribution in [3.8, 4) is 11.3 Å². The number of methoxy groups -OCH3 is 1. The second-order valence-corrected chi connectivity index (χ2v) is 6.64. The number of aliphatic carboxylic acids is 1. The molecule has 0 radical (unpaired) electrons. The van der Waals surface area contributed by atoms with Gasteiger partial charge < -0.3 is 9.84 Å². The molecule has 2 N–H and O–H groups in total. The fraction of sp³-hybridized carbons (Fsp3) is 0.353. The highest BCUT2D eigenvalue weighted by Crippen LogP contribution is 2.30. The number of thiazole rings is 1. The third-order valence-corrected chi connectivity index (χ3v) is 4.85. The third-order valence-electron chi connectivity index (χ3n) is 4.09. The number of rotatable bonds is 5. The van der Waals surface area contributed by atoms with Crippen molar-refractivity contribution < 1.29 is 19.4 Å². The number of amides is 1. The molecule has 0 fully saturated rings. The first-order valence-electron chi connectivity index (χ1n) is 7.32. The largest absolute Gasteiger partial charge is 0.479 e. The Bertz CT molecular complexity index is 800. The van der Waals surface area contributed by atoms with E-state index in [0.29, 0.717) is 5.13 Å². The van der Waals surface area contributed by atoms with E-state index in [9.17, 15) is 9.59 Å². The van der Waals surface area contributed by atoms with Gasteiger partial charge in [0.15, 0.2) is 5.13 Å². The number of hydrogen-bond donors (Lipinski definition) is 2. The Morgan fingerprint density at radius 1 is 1.21 bits per heavy atom. The molecule has 0 aliphatic heterocycles. The quantitative estimate of drug-likeness (QED) is 0.810. The highest BCUT2D eigenvalue weighted by molar-refractivity contribution is 7.14. The zero-order valence-electron chi connectivity index (χ0n) is 14.3. The number of aromatic nitrogens is 1. The lowest BCUT2D eigenvalue weighted by Gasteiger charge is -2.20. The van der Waals surface area contributed by atoms with Crippen LogP contribution in [-0.2, 0) is 14.3 Å². The van der Waals surface area contributed by atoms with E-state index in [2.05, 4.69) is 29.4 Å². The minimum atomic E-state index is -1.96. The second-order valence-electron chi connectivity index (χ2n) is 5.79. The van der Waals surface area contributed by atoms with Crippen LogP contribution in [0.1, 0.15) is 23.6 Å². The molecule has 7 heteroatoms. The van der Waals surface area contributed by atoms with Crippen molar-refractivity contribution in [2.24, 2.45) is 0 Å². The third kappa shape index (κ3) is 3.32. The summed E-state index contributed by atoms with van der Waals surface area (Å²) in [6.07, 6.45) is 0. The van der Waals surface area contributed by atoms with Crippen LogP contribution < -0.4 is 5.32 Å². The number of nitrogens with one attached hydrogen (secondary N) is 1. The maximum atomic E-state index is 12.2. The number of benzene rings is 1. The first kappa shape index (κ1) is 18.1. The summed E-state index contributed by atoms with van der Waals surface area (Å²) in [5.41, 5.74) is 3.23. The Labute approximate surface area is 144 Å². The van der Waals surface area contributed by atoms with Gasteiger partial charge in [-0.3, -0.25) is 10.1 Å². The molecule has 2 rings (SSSR count). The first-order valence-corrected chi connectivity index (χ1v) is 8.20. The van der Waals surface area contributed by atoms with Crippen LogP contribution in [0.4, 0.5) is 5.13 Å². The Kier molecular flexibility index (Phi) is 5.05. The molecule has 1 amide bonds. The first-order chi connectivity index (χ1) is 11.2. The lowest BCUT2D eigenvalue weighted by molar-refractivity contribution is -0.165. The maximum absolute atomic E-state index is 12.2. The molecule has 2 aromatic rings. The van der Waals surface area contributed by atoms with E-state index in [4.69, 9.17) is 9.84 Å². The van der Waals surface area contributed by atoms with Crippen LogP contribution in [0.25, 0.3) is 11.3 Å². The van der Waals surface area contributed by atoms with E-state index in [1.165, 1.54) is 30.9 Å². The monoisotopic (exact) mass is 348 g/mol. The standard InChI is InChI=1S/C17H20N2O4S/c1-9-6-11(3)12(7-10(9)2)13-8-24-16(18-13)19-14(20)17(4,23-5)15(21)22/h6-8H,1-5H3,(H,21,22)(H,18,19,20). The molecule has 0 saturated carbocycles. The van der Waals surface area contributed by atoms with Crippen LogP contribution in [0.3, 0.4) is 0 Å². The van der Waals surface area contributed by atoms with E-state index in [1.807, 2.05) is 19.2 Å². The summed E-state index contributed by atoms with van der Waals surface area (Å²) in [6, 6.07) is 4.15. The lowest BCUT2D eigenvalue weighted by Crippen LogP contribution is -2.48. The molecular formula is C17H20N2O4S. The van der Waals surface area contributed by atoms with Crippen LogP contribution in [0, 0.1) is 20.8 Å². The number of anilines is 1. The van der Waals surface area contributed by atoms with Gasteiger partial charge in [0.2, 0.25) is 5.60 Å². The summed E-state index contributed by atoms with van der Waals surface area (Å²) in [5, 5.41) is 13.8. The minimum Gasteiger partial charge on any atom is -0.479 e. The molecule has 128 valence electrons. The van der Waals surface area contributed by atoms with Crippen LogP contribution in [0.15, 0.2) is 17.5 Å². The number of ether oxygens (including phenoxy) is 1. The summed E-state index contributed by atoms with van der Waals surface area (Å²) < 4.78 is 4.84. The van der Waals surface area contributed by atoms with Gasteiger partial charge in [0.25, 0.3) is 5.91 Å². The fourth-order valence-corrected chi connectivity index (χ4v) is 2.89. The molecular weight excluding hydrogens is 328 g/mol. The smallest absolute Gasteiger partial charge is 0.345 e. The van der Waals surface area contributed by atoms with Crippen molar-refractivity contribution in [2.45, 2.75) is 33.3 Å². The molecule has 1 heterocycles. The van der Waals surface area contributed by atoms with E-state index in [0.717, 1.165) is 22.4 Å². The van der Waals surface area contributed by atoms with Gasteiger partial charge in [0.05, 0.1) is 5.69 Å². The Morgan fingerprint density at radius 3 is 2.42 bits per heavy atom. The van der Waals surface area contributed by atoms with Gasteiger partial charge in [0, 0.05) is 18.1 Å². The average molecular weight is 348 g/mol. The molecule has 24 heavy (non-hydrogen) atoms. The number of hydrogen-bond acceptors (Lipinski definition) is 5. The number of carbonyl (C=O) groups is 2. The Morgan fingerprint density at radius 2 is 1.83 bits per heavy atom. The second kappa shape index (κ2) is 6.70. The maximum Gasteiger partial charge on any atom is 0.345 e. The van der Waals surface area contributed by atoms with Gasteiger partial charge in [0.1, 0.15) is 0 Å². The van der Waals surface area contributed by atoms with Crippen molar-refractivity contribution in [3.05, 3.63) is 34.2 Å². The van der Waals surface area contributed by atoms with Crippen molar-refractivity contribution in [1.29, 1.82) is 0 Å². The van der Waals surface area contributed by atoms with Crippen molar-refractivity contribution in [1.82, 2.24) is 4.98 Å². The molecule has 6 nitrogen and oxygen atoms in total. The molecule has 1 atom stereocenters. The number of carboxylic acid groups (broad SMARTS) is 1. The molecule has 0 spiro atoms. The number of carbonyl (C=O) groups excluding carboxylic acids is 1. The van der Waals surface area contributed by atoms with Crippen LogP contribution >= 0.6 is 11.3 Å². The number of aryl methyl sites for hydroxylation is 3. The molecule has 1 aromatic heterocycles. The van der Waals surface area contributed by atoms with Gasteiger partial charge in [-0.25, -0.2) is 9.78 Å². The SMILES string of the molecule is COC(C)(C(=O)O)C(=O)Nc1nc(-c2cc(C)c(C)cc2C)cs1. The Hall–Kier alpha value is -2.25. The van der Waals surface area contributed by atoms with Crippen molar-refractivity contribution >= 4 is 28.3 Å². The summed E-state index contributed by atoms with van der Waals surface area (Å²) in [5.74, 6) is -2.13. The summed E-state index contributed by atoms with van der Waals surface area (Å²) >= 11 is 1.24. The van der Waals surface area contributed by atoms with Crippen molar-refractivity contribution in [3.63, 3.8) is 0 Å². The molecule has 0 aliphatic rings. The average Bonchev–Trinajstić information content (AvgIpc) is 2.97. The van der Waals surface area contributed by atoms with E-state index < -0.39 is 17.5 Å². The number of carboxylic acids is 1. The predicted octanol–water partition coefficient (Wildman–Crippen LogP) is 3.16. The zero-order valence-corrected chi connectivity index (χ0v) is 15.1. The lowest BCUT2D eigenvalue weighted by atomic mass is 9.99. The predicted molar refractivity (Wildman–Crippen MR) is 93.4 cm³/mol. The Balaban J connectivity index is 2.28. The van der Waals surface area contributed by atoms with Gasteiger partial charge in [-0.15, -0.1) is 11.3 Å². The highest BCUT2D eigenvalue weighted by Gasteiger charge is 2.42. The van der Waals surface area contributed by atoms with E-state index >= 15 is 0 Å². The summed E-state index contributed by atoms with van der Waals surface area (Å²) in [4.78, 5) is 27.8. The van der Waals surface area contributed by atoms with Gasteiger partial charge in [-0.1, -0.05) is 6.07 Å². The summed E-state index contributed by atoms with van der Waals surface area (Å²) in [6.45, 7) is 7.29. The molecule has 0 aliphatic carbocycles. The van der Waals surface area contributed by atoms with Crippen LogP contribution in [0.2, 0.25) is 0 Å². The summed E-state index contributed by atoms with van der Waals surface area (Å²) in [7, 11) is 1.18. The molecule has 1 aromatic carbocycles. The van der Waals surface area contributed by atoms with E-state index in [1.54, 1.807) is 0 Å². The fourth-order valence-electron chi connectivity index (χ4n) is 2.18. The molecule has 1 unspecified atom stereocenters. The van der Waals surface area contributed by atoms with Crippen LogP contribution in [0.5, 0.6) is 0 Å². The zero-order chi connectivity index (χ0) is 18.1. The topological polar surface area (TPSA) is 88.5 Å². The highest BCUT2D eigenvalue weighted by atomic mass is 32.1. The van der Waals surface area contributed by atoms with Gasteiger partial charge in [-0.05, 0) is 50.5 Å². The van der Waals surface area contributed by atoms with Gasteiger partial charge in [-0.2, -0.15) is 0 Å². The van der Waals surface area contributed by atoms with Crippen LogP contribution in [-0.4, -0.2) is 34.7 Å². The van der Waals surface area contributed by atoms with Crippen molar-refractivity contribution in [2.75, 3.05) is 12.4 Å².